The van der Waals surface area contributed by atoms with Gasteiger partial charge >= 0.3 is 0 Å². The minimum atomic E-state index is 0.269. The van der Waals surface area contributed by atoms with Crippen molar-refractivity contribution in [2.24, 2.45) is 5.92 Å². The highest BCUT2D eigenvalue weighted by molar-refractivity contribution is 9.10. The standard InChI is InChI=1S/C15H21BrN2O/c1-2-11-6-7-14(19)18(9-8-11)10-12-4-3-5-13(17)15(12)16/h3-5,11H,2,6-10,17H2,1H3. The molecular formula is C15H21BrN2O. The number of carbonyl (C=O) groups excluding carboxylic acids is 1. The molecule has 0 spiro atoms. The first-order valence-corrected chi connectivity index (χ1v) is 7.71. The molecule has 2 N–H and O–H groups in total. The fraction of sp³-hybridized carbons (Fsp3) is 0.533. The lowest BCUT2D eigenvalue weighted by atomic mass is 9.98. The highest BCUT2D eigenvalue weighted by Gasteiger charge is 2.22. The first-order chi connectivity index (χ1) is 9.11. The van der Waals surface area contributed by atoms with Crippen molar-refractivity contribution >= 4 is 27.5 Å². The number of hydrogen-bond acceptors (Lipinski definition) is 2. The molecule has 1 saturated heterocycles. The number of rotatable bonds is 3. The van der Waals surface area contributed by atoms with Gasteiger partial charge in [0, 0.05) is 29.7 Å². The van der Waals surface area contributed by atoms with Crippen LogP contribution in [0.3, 0.4) is 0 Å². The van der Waals surface area contributed by atoms with Gasteiger partial charge < -0.3 is 10.6 Å². The molecule has 0 saturated carbocycles. The van der Waals surface area contributed by atoms with Gasteiger partial charge in [-0.05, 0) is 46.3 Å². The highest BCUT2D eigenvalue weighted by Crippen LogP contribution is 2.27. The first-order valence-electron chi connectivity index (χ1n) is 6.92. The van der Waals surface area contributed by atoms with E-state index in [0.717, 1.165) is 35.1 Å². The molecule has 0 aromatic heterocycles. The van der Waals surface area contributed by atoms with E-state index < -0.39 is 0 Å². The molecular weight excluding hydrogens is 304 g/mol. The lowest BCUT2D eigenvalue weighted by Gasteiger charge is -2.22. The molecule has 0 bridgehead atoms. The molecule has 2 rings (SSSR count). The highest BCUT2D eigenvalue weighted by atomic mass is 79.9. The van der Waals surface area contributed by atoms with Crippen molar-refractivity contribution < 1.29 is 4.79 Å². The number of nitrogen functional groups attached to an aromatic ring is 1. The zero-order chi connectivity index (χ0) is 13.8. The van der Waals surface area contributed by atoms with Crippen LogP contribution in [0.4, 0.5) is 5.69 Å². The van der Waals surface area contributed by atoms with Crippen molar-refractivity contribution in [2.75, 3.05) is 12.3 Å². The smallest absolute Gasteiger partial charge is 0.222 e. The topological polar surface area (TPSA) is 46.3 Å². The molecule has 0 radical (unpaired) electrons. The average molecular weight is 325 g/mol. The molecule has 1 aromatic carbocycles. The number of amides is 1. The molecule has 1 aliphatic heterocycles. The van der Waals surface area contributed by atoms with Gasteiger partial charge in [-0.25, -0.2) is 0 Å². The van der Waals surface area contributed by atoms with Crippen molar-refractivity contribution in [3.8, 4) is 0 Å². The number of carbonyl (C=O) groups is 1. The predicted molar refractivity (Wildman–Crippen MR) is 81.6 cm³/mol. The van der Waals surface area contributed by atoms with E-state index in [0.29, 0.717) is 18.9 Å². The monoisotopic (exact) mass is 324 g/mol. The van der Waals surface area contributed by atoms with Crippen LogP contribution in [0.5, 0.6) is 0 Å². The number of likely N-dealkylation sites (tertiary alicyclic amines) is 1. The van der Waals surface area contributed by atoms with Gasteiger partial charge in [-0.15, -0.1) is 0 Å². The van der Waals surface area contributed by atoms with Gasteiger partial charge in [-0.3, -0.25) is 4.79 Å². The Hall–Kier alpha value is -1.03. The molecule has 4 heteroatoms. The summed E-state index contributed by atoms with van der Waals surface area (Å²) in [5, 5.41) is 0. The zero-order valence-corrected chi connectivity index (χ0v) is 12.9. The lowest BCUT2D eigenvalue weighted by Crippen LogP contribution is -2.30. The van der Waals surface area contributed by atoms with E-state index in [4.69, 9.17) is 5.73 Å². The van der Waals surface area contributed by atoms with E-state index in [-0.39, 0.29) is 5.91 Å². The Morgan fingerprint density at radius 1 is 1.42 bits per heavy atom. The SMILES string of the molecule is CCC1CCC(=O)N(Cc2cccc(N)c2Br)CC1. The van der Waals surface area contributed by atoms with Crippen molar-refractivity contribution in [1.82, 2.24) is 4.90 Å². The van der Waals surface area contributed by atoms with Crippen LogP contribution < -0.4 is 5.73 Å². The maximum atomic E-state index is 12.2. The Labute approximate surface area is 123 Å². The Morgan fingerprint density at radius 2 is 2.21 bits per heavy atom. The third-order valence-electron chi connectivity index (χ3n) is 3.97. The van der Waals surface area contributed by atoms with Crippen LogP contribution >= 0.6 is 15.9 Å². The fourth-order valence-electron chi connectivity index (χ4n) is 2.60. The number of nitrogens with two attached hydrogens (primary N) is 1. The summed E-state index contributed by atoms with van der Waals surface area (Å²) in [7, 11) is 0. The van der Waals surface area contributed by atoms with Crippen molar-refractivity contribution in [1.29, 1.82) is 0 Å². The molecule has 19 heavy (non-hydrogen) atoms. The Morgan fingerprint density at radius 3 is 2.95 bits per heavy atom. The van der Waals surface area contributed by atoms with Gasteiger partial charge in [-0.1, -0.05) is 25.5 Å². The van der Waals surface area contributed by atoms with E-state index in [2.05, 4.69) is 22.9 Å². The molecule has 1 atom stereocenters. The van der Waals surface area contributed by atoms with Crippen molar-refractivity contribution in [2.45, 2.75) is 39.2 Å². The van der Waals surface area contributed by atoms with Gasteiger partial charge in [0.1, 0.15) is 0 Å². The quantitative estimate of drug-likeness (QED) is 0.864. The summed E-state index contributed by atoms with van der Waals surface area (Å²) < 4.78 is 0.916. The summed E-state index contributed by atoms with van der Waals surface area (Å²) >= 11 is 3.51. The second-order valence-corrected chi connectivity index (χ2v) is 6.03. The summed E-state index contributed by atoms with van der Waals surface area (Å²) in [6, 6.07) is 5.83. The molecule has 1 heterocycles. The third kappa shape index (κ3) is 3.50. The van der Waals surface area contributed by atoms with Gasteiger partial charge in [0.25, 0.3) is 0 Å². The molecule has 104 valence electrons. The van der Waals surface area contributed by atoms with E-state index in [1.54, 1.807) is 0 Å². The molecule has 1 aromatic rings. The summed E-state index contributed by atoms with van der Waals surface area (Å²) in [5.74, 6) is 0.962. The number of hydrogen-bond donors (Lipinski definition) is 1. The average Bonchev–Trinajstić information content (AvgIpc) is 2.58. The minimum Gasteiger partial charge on any atom is -0.398 e. The summed E-state index contributed by atoms with van der Waals surface area (Å²) in [5.41, 5.74) is 7.70. The van der Waals surface area contributed by atoms with Crippen LogP contribution in [0.25, 0.3) is 0 Å². The molecule has 0 aliphatic carbocycles. The third-order valence-corrected chi connectivity index (χ3v) is 4.94. The number of benzene rings is 1. The van der Waals surface area contributed by atoms with Gasteiger partial charge in [0.15, 0.2) is 0 Å². The summed E-state index contributed by atoms with van der Waals surface area (Å²) in [6.45, 7) is 3.72. The maximum Gasteiger partial charge on any atom is 0.222 e. The van der Waals surface area contributed by atoms with Gasteiger partial charge in [0.2, 0.25) is 5.91 Å². The first kappa shape index (κ1) is 14.4. The lowest BCUT2D eigenvalue weighted by molar-refractivity contribution is -0.131. The number of nitrogens with zero attached hydrogens (tertiary/aromatic N) is 1. The minimum absolute atomic E-state index is 0.269. The van der Waals surface area contributed by atoms with Crippen molar-refractivity contribution in [3.05, 3.63) is 28.2 Å². The molecule has 1 amide bonds. The second-order valence-electron chi connectivity index (χ2n) is 5.24. The normalized spacial score (nSPS) is 20.4. The summed E-state index contributed by atoms with van der Waals surface area (Å²) in [4.78, 5) is 14.1. The van der Waals surface area contributed by atoms with E-state index >= 15 is 0 Å². The van der Waals surface area contributed by atoms with Gasteiger partial charge in [0.05, 0.1) is 0 Å². The molecule has 1 unspecified atom stereocenters. The molecule has 1 aliphatic rings. The van der Waals surface area contributed by atoms with Crippen LogP contribution in [0, 0.1) is 5.92 Å². The second kappa shape index (κ2) is 6.42. The van der Waals surface area contributed by atoms with Crippen LogP contribution in [0.1, 0.15) is 38.2 Å². The zero-order valence-electron chi connectivity index (χ0n) is 11.4. The van der Waals surface area contributed by atoms with Gasteiger partial charge in [-0.2, -0.15) is 0 Å². The Kier molecular flexibility index (Phi) is 4.86. The predicted octanol–water partition coefficient (Wildman–Crippen LogP) is 3.57. The number of anilines is 1. The van der Waals surface area contributed by atoms with E-state index in [1.807, 2.05) is 23.1 Å². The largest absolute Gasteiger partial charge is 0.398 e. The van der Waals surface area contributed by atoms with Crippen LogP contribution in [-0.4, -0.2) is 17.4 Å². The maximum absolute atomic E-state index is 12.2. The van der Waals surface area contributed by atoms with E-state index in [9.17, 15) is 4.79 Å². The molecule has 3 nitrogen and oxygen atoms in total. The Balaban J connectivity index is 2.09. The van der Waals surface area contributed by atoms with Crippen LogP contribution in [0.15, 0.2) is 22.7 Å². The van der Waals surface area contributed by atoms with Crippen LogP contribution in [-0.2, 0) is 11.3 Å². The fourth-order valence-corrected chi connectivity index (χ4v) is 2.99. The Bertz CT molecular complexity index is 461. The number of halogens is 1. The summed E-state index contributed by atoms with van der Waals surface area (Å²) in [6.07, 6.45) is 3.99. The molecule has 1 fully saturated rings. The van der Waals surface area contributed by atoms with E-state index in [1.165, 1.54) is 6.42 Å². The van der Waals surface area contributed by atoms with Crippen molar-refractivity contribution in [3.63, 3.8) is 0 Å². The van der Waals surface area contributed by atoms with Crippen LogP contribution in [0.2, 0.25) is 0 Å².